The summed E-state index contributed by atoms with van der Waals surface area (Å²) in [6, 6.07) is 32.7. The number of nitrogens with zero attached hydrogens (tertiary/aromatic N) is 5. The van der Waals surface area contributed by atoms with Gasteiger partial charge < -0.3 is 13.5 Å². The molecule has 0 bridgehead atoms. The Kier molecular flexibility index (Phi) is 7.30. The Labute approximate surface area is 292 Å². The minimum Gasteiger partial charge on any atom is -0.497 e. The maximum atomic E-state index is 6.48. The zero-order valence-corrected chi connectivity index (χ0v) is 29.2. The van der Waals surface area contributed by atoms with E-state index >= 15 is 0 Å². The van der Waals surface area contributed by atoms with E-state index in [9.17, 15) is 0 Å². The molecule has 0 atom stereocenters. The predicted octanol–water partition coefficient (Wildman–Crippen LogP) is 10.3. The molecule has 6 nitrogen and oxygen atoms in total. The first-order valence-electron chi connectivity index (χ1n) is 16.1. The normalized spacial score (nSPS) is 12.0. The minimum atomic E-state index is 0. The Balaban J connectivity index is 0.00000336. The van der Waals surface area contributed by atoms with Gasteiger partial charge in [-0.2, -0.15) is 0 Å². The van der Waals surface area contributed by atoms with E-state index in [1.807, 2.05) is 41.2 Å². The predicted molar refractivity (Wildman–Crippen MR) is 190 cm³/mol. The molecule has 0 aliphatic rings. The van der Waals surface area contributed by atoms with Crippen LogP contribution in [0.1, 0.15) is 50.7 Å². The van der Waals surface area contributed by atoms with Gasteiger partial charge in [0.25, 0.3) is 0 Å². The summed E-state index contributed by atoms with van der Waals surface area (Å²) < 4.78 is 10.7. The molecule has 9 rings (SSSR count). The van der Waals surface area contributed by atoms with Crippen LogP contribution in [0.4, 0.5) is 0 Å². The summed E-state index contributed by atoms with van der Waals surface area (Å²) in [5, 5.41) is 6.14. The molecule has 7 heteroatoms. The molecule has 5 aromatic heterocycles. The van der Waals surface area contributed by atoms with E-state index < -0.39 is 0 Å². The van der Waals surface area contributed by atoms with E-state index in [1.54, 1.807) is 12.4 Å². The Bertz CT molecular complexity index is 2660. The zero-order valence-electron chi connectivity index (χ0n) is 26.9. The molecule has 5 heterocycles. The first-order valence-corrected chi connectivity index (χ1v) is 16.1. The van der Waals surface area contributed by atoms with E-state index in [2.05, 4.69) is 109 Å². The van der Waals surface area contributed by atoms with Crippen LogP contribution in [0.5, 0.6) is 11.5 Å². The number of benzene rings is 4. The van der Waals surface area contributed by atoms with Crippen molar-refractivity contribution in [3.8, 4) is 22.6 Å². The number of ether oxygens (including phenoxy) is 1. The van der Waals surface area contributed by atoms with Crippen molar-refractivity contribution in [3.63, 3.8) is 0 Å². The van der Waals surface area contributed by atoms with Crippen LogP contribution in [-0.2, 0) is 21.1 Å². The van der Waals surface area contributed by atoms with Crippen LogP contribution in [0.25, 0.3) is 65.9 Å². The molecule has 0 amide bonds. The fraction of sp³-hybridized carbons (Fsp3) is 0.146. The summed E-state index contributed by atoms with van der Waals surface area (Å²) in [7, 11) is 0. The summed E-state index contributed by atoms with van der Waals surface area (Å²) in [5.41, 5.74) is 8.88. The van der Waals surface area contributed by atoms with Crippen molar-refractivity contribution in [2.24, 2.45) is 0 Å². The Morgan fingerprint density at radius 2 is 1.19 bits per heavy atom. The maximum absolute atomic E-state index is 6.48. The van der Waals surface area contributed by atoms with Gasteiger partial charge in [-0.15, -0.1) is 12.1 Å². The van der Waals surface area contributed by atoms with E-state index in [4.69, 9.17) is 9.72 Å². The smallest absolute Gasteiger partial charge is 0.497 e. The average Bonchev–Trinajstić information content (AvgIpc) is 3.79. The summed E-state index contributed by atoms with van der Waals surface area (Å²) in [6.45, 7) is 9.10. The number of aromatic nitrogens is 5. The monoisotopic (exact) mass is 804 g/mol. The SMILES string of the molecule is CC(C)c1cccc(C(C)C)c1-c1cccc2c1c1ccc(Oc3[c-]c4c(cc3)c3cccnc3n3ccnc43)[c-]c1c1nccn21.[Pt+2]. The fourth-order valence-electron chi connectivity index (χ4n) is 7.21. The number of hydrogen-bond acceptors (Lipinski definition) is 4. The summed E-state index contributed by atoms with van der Waals surface area (Å²) in [4.78, 5) is 14.0. The maximum Gasteiger partial charge on any atom is 2.00 e. The molecule has 0 saturated carbocycles. The molecule has 0 aliphatic heterocycles. The Hall–Kier alpha value is -5.06. The number of rotatable bonds is 5. The quantitative estimate of drug-likeness (QED) is 0.128. The molecular weight excluding hydrogens is 774 g/mol. The molecule has 0 spiro atoms. The van der Waals surface area contributed by atoms with Gasteiger partial charge >= 0.3 is 21.1 Å². The van der Waals surface area contributed by atoms with Crippen molar-refractivity contribution >= 4 is 54.8 Å². The van der Waals surface area contributed by atoms with Crippen molar-refractivity contribution in [1.29, 1.82) is 0 Å². The van der Waals surface area contributed by atoms with Gasteiger partial charge in [0, 0.05) is 48.0 Å². The molecular formula is C41H31N5OPt. The molecule has 0 radical (unpaired) electrons. The molecule has 0 aliphatic carbocycles. The van der Waals surface area contributed by atoms with Crippen LogP contribution in [-0.4, -0.2) is 23.8 Å². The molecule has 0 fully saturated rings. The fourth-order valence-corrected chi connectivity index (χ4v) is 7.21. The van der Waals surface area contributed by atoms with Gasteiger partial charge in [0.15, 0.2) is 0 Å². The molecule has 0 saturated heterocycles. The van der Waals surface area contributed by atoms with Crippen molar-refractivity contribution in [2.45, 2.75) is 39.5 Å². The van der Waals surface area contributed by atoms with E-state index in [-0.39, 0.29) is 21.1 Å². The number of hydrogen-bond donors (Lipinski definition) is 0. The third kappa shape index (κ3) is 4.54. The summed E-state index contributed by atoms with van der Waals surface area (Å²) in [6.07, 6.45) is 9.42. The van der Waals surface area contributed by atoms with Crippen molar-refractivity contribution in [3.05, 3.63) is 127 Å². The molecule has 9 aromatic rings. The summed E-state index contributed by atoms with van der Waals surface area (Å²) >= 11 is 0. The third-order valence-electron chi connectivity index (χ3n) is 9.31. The van der Waals surface area contributed by atoms with Crippen LogP contribution in [0.2, 0.25) is 0 Å². The zero-order chi connectivity index (χ0) is 31.8. The van der Waals surface area contributed by atoms with Crippen LogP contribution < -0.4 is 4.74 Å². The number of fused-ring (bicyclic) bond motifs is 12. The van der Waals surface area contributed by atoms with E-state index in [1.165, 1.54) is 27.6 Å². The largest absolute Gasteiger partial charge is 2.00 e. The van der Waals surface area contributed by atoms with Gasteiger partial charge in [0.2, 0.25) is 0 Å². The molecule has 48 heavy (non-hydrogen) atoms. The Morgan fingerprint density at radius 1 is 0.583 bits per heavy atom. The molecule has 0 N–H and O–H groups in total. The Morgan fingerprint density at radius 3 is 1.90 bits per heavy atom. The first-order chi connectivity index (χ1) is 23.0. The number of pyridine rings is 3. The van der Waals surface area contributed by atoms with Crippen LogP contribution in [0.3, 0.4) is 0 Å². The van der Waals surface area contributed by atoms with Gasteiger partial charge in [-0.3, -0.25) is 9.97 Å². The second-order valence-corrected chi connectivity index (χ2v) is 12.8. The number of imidazole rings is 2. The minimum absolute atomic E-state index is 0. The summed E-state index contributed by atoms with van der Waals surface area (Å²) in [5.74, 6) is 1.95. The first kappa shape index (κ1) is 30.3. The van der Waals surface area contributed by atoms with Crippen molar-refractivity contribution < 1.29 is 25.8 Å². The second kappa shape index (κ2) is 11.6. The van der Waals surface area contributed by atoms with Crippen molar-refractivity contribution in [1.82, 2.24) is 23.8 Å². The molecule has 4 aromatic carbocycles. The van der Waals surface area contributed by atoms with Crippen LogP contribution >= 0.6 is 0 Å². The second-order valence-electron chi connectivity index (χ2n) is 12.8. The molecule has 0 unspecified atom stereocenters. The van der Waals surface area contributed by atoms with Gasteiger partial charge in [-0.05, 0) is 57.0 Å². The van der Waals surface area contributed by atoms with Gasteiger partial charge in [0.05, 0.1) is 11.3 Å². The molecule has 236 valence electrons. The van der Waals surface area contributed by atoms with Gasteiger partial charge in [0.1, 0.15) is 5.65 Å². The van der Waals surface area contributed by atoms with E-state index in [0.717, 1.165) is 49.4 Å². The average molecular weight is 805 g/mol. The van der Waals surface area contributed by atoms with Crippen LogP contribution in [0, 0.1) is 12.1 Å². The topological polar surface area (TPSA) is 56.7 Å². The van der Waals surface area contributed by atoms with E-state index in [0.29, 0.717) is 23.3 Å². The van der Waals surface area contributed by atoms with Gasteiger partial charge in [-0.1, -0.05) is 110 Å². The third-order valence-corrected chi connectivity index (χ3v) is 9.31. The van der Waals surface area contributed by atoms with Crippen LogP contribution in [0.15, 0.2) is 104 Å². The van der Waals surface area contributed by atoms with Crippen molar-refractivity contribution in [2.75, 3.05) is 0 Å². The van der Waals surface area contributed by atoms with Gasteiger partial charge in [-0.25, -0.2) is 4.98 Å². The standard InChI is InChI=1S/C41H31N5O.Pt/c1-24(2)28-8-5-9-29(25(3)4)37(28)33-10-6-12-36-38(33)31-16-14-27(23-35(31)40-43-18-20-45(36)40)47-26-13-15-30-32-11-7-17-42-39(32)46-21-19-44-41(46)34(30)22-26;/h5-21,24-25H,1-4H3;/q-2;+2.